The minimum absolute atomic E-state index is 0.0776. The van der Waals surface area contributed by atoms with Crippen LogP contribution in [0.4, 0.5) is 4.39 Å². The first kappa shape index (κ1) is 14.6. The van der Waals surface area contributed by atoms with Crippen molar-refractivity contribution in [1.82, 2.24) is 5.06 Å². The molecule has 3 nitrogen and oxygen atoms in total. The molecule has 1 amide bonds. The van der Waals surface area contributed by atoms with E-state index in [9.17, 15) is 9.18 Å². The topological polar surface area (TPSA) is 29.5 Å². The Morgan fingerprint density at radius 1 is 1.39 bits per heavy atom. The summed E-state index contributed by atoms with van der Waals surface area (Å²) >= 11 is 0. The van der Waals surface area contributed by atoms with E-state index in [2.05, 4.69) is 0 Å². The minimum atomic E-state index is -1.90. The van der Waals surface area contributed by atoms with Crippen molar-refractivity contribution in [1.29, 1.82) is 0 Å². The lowest BCUT2D eigenvalue weighted by atomic mass is 9.91. The first-order chi connectivity index (χ1) is 8.53. The molecule has 0 aromatic heterocycles. The van der Waals surface area contributed by atoms with Gasteiger partial charge in [0.1, 0.15) is 0 Å². The van der Waals surface area contributed by atoms with E-state index in [-0.39, 0.29) is 12.8 Å². The number of hydrogen-bond donors (Lipinski definition) is 0. The normalized spacial score (nSPS) is 14.0. The number of hydroxylamine groups is 2. The summed E-state index contributed by atoms with van der Waals surface area (Å²) in [6, 6.07) is 9.19. The monoisotopic (exact) mass is 253 g/mol. The van der Waals surface area contributed by atoms with Crippen molar-refractivity contribution in [2.24, 2.45) is 0 Å². The fourth-order valence-electron chi connectivity index (χ4n) is 1.95. The molecule has 100 valence electrons. The highest BCUT2D eigenvalue weighted by atomic mass is 19.1. The third kappa shape index (κ3) is 3.53. The second-order valence-electron chi connectivity index (χ2n) is 4.36. The summed E-state index contributed by atoms with van der Waals surface area (Å²) in [6.07, 6.45) is 0.870. The molecule has 0 heterocycles. The molecular formula is C14H20FNO2. The number of nitrogens with zero attached hydrogens (tertiary/aromatic N) is 1. The van der Waals surface area contributed by atoms with Crippen LogP contribution in [0.2, 0.25) is 0 Å². The minimum Gasteiger partial charge on any atom is -0.274 e. The van der Waals surface area contributed by atoms with Crippen molar-refractivity contribution in [3.05, 3.63) is 35.9 Å². The Kier molecular flexibility index (Phi) is 5.28. The molecule has 1 aromatic carbocycles. The SMILES string of the molecule is CCCC(F)(Cc1ccccc1)C(=O)N(C)OC. The molecule has 1 atom stereocenters. The quantitative estimate of drug-likeness (QED) is 0.730. The number of rotatable bonds is 6. The van der Waals surface area contributed by atoms with Crippen LogP contribution >= 0.6 is 0 Å². The maximum atomic E-state index is 14.8. The third-order valence-corrected chi connectivity index (χ3v) is 2.92. The zero-order valence-electron chi connectivity index (χ0n) is 11.1. The van der Waals surface area contributed by atoms with Gasteiger partial charge in [-0.3, -0.25) is 9.63 Å². The second-order valence-corrected chi connectivity index (χ2v) is 4.36. The molecule has 0 saturated heterocycles. The summed E-state index contributed by atoms with van der Waals surface area (Å²) in [5.74, 6) is -0.629. The highest BCUT2D eigenvalue weighted by Crippen LogP contribution is 2.26. The van der Waals surface area contributed by atoms with Crippen molar-refractivity contribution in [3.63, 3.8) is 0 Å². The number of carbonyl (C=O) groups is 1. The van der Waals surface area contributed by atoms with Crippen LogP contribution in [0.25, 0.3) is 0 Å². The van der Waals surface area contributed by atoms with E-state index in [1.807, 2.05) is 37.3 Å². The lowest BCUT2D eigenvalue weighted by molar-refractivity contribution is -0.182. The Labute approximate surface area is 108 Å². The Morgan fingerprint density at radius 2 is 2.00 bits per heavy atom. The van der Waals surface area contributed by atoms with Crippen molar-refractivity contribution < 1.29 is 14.0 Å². The van der Waals surface area contributed by atoms with Crippen LogP contribution in [0, 0.1) is 0 Å². The molecule has 0 aliphatic carbocycles. The molecule has 0 fully saturated rings. The lowest BCUT2D eigenvalue weighted by Crippen LogP contribution is -2.45. The van der Waals surface area contributed by atoms with Gasteiger partial charge in [0, 0.05) is 13.5 Å². The smallest absolute Gasteiger partial charge is 0.274 e. The summed E-state index contributed by atoms with van der Waals surface area (Å²) in [4.78, 5) is 16.8. The second kappa shape index (κ2) is 6.50. The maximum Gasteiger partial charge on any atom is 0.283 e. The van der Waals surface area contributed by atoms with Crippen molar-refractivity contribution in [3.8, 4) is 0 Å². The van der Waals surface area contributed by atoms with Crippen LogP contribution in [0.15, 0.2) is 30.3 Å². The first-order valence-corrected chi connectivity index (χ1v) is 6.08. The van der Waals surface area contributed by atoms with E-state index in [4.69, 9.17) is 4.84 Å². The van der Waals surface area contributed by atoms with E-state index >= 15 is 0 Å². The third-order valence-electron chi connectivity index (χ3n) is 2.92. The molecule has 4 heteroatoms. The Morgan fingerprint density at radius 3 is 2.50 bits per heavy atom. The largest absolute Gasteiger partial charge is 0.283 e. The first-order valence-electron chi connectivity index (χ1n) is 6.08. The highest BCUT2D eigenvalue weighted by Gasteiger charge is 2.40. The van der Waals surface area contributed by atoms with Crippen LogP contribution in [-0.2, 0) is 16.1 Å². The van der Waals surface area contributed by atoms with Gasteiger partial charge in [0.2, 0.25) is 0 Å². The highest BCUT2D eigenvalue weighted by molar-refractivity contribution is 5.84. The molecule has 0 radical (unpaired) electrons. The molecule has 0 aliphatic rings. The maximum absolute atomic E-state index is 14.8. The number of hydrogen-bond acceptors (Lipinski definition) is 2. The van der Waals surface area contributed by atoms with Gasteiger partial charge in [-0.2, -0.15) is 0 Å². The Bertz CT molecular complexity index is 383. The van der Waals surface area contributed by atoms with Gasteiger partial charge in [-0.15, -0.1) is 0 Å². The fourth-order valence-corrected chi connectivity index (χ4v) is 1.95. The standard InChI is InChI=1S/C14H20FNO2/c1-4-10-14(15,13(17)16(2)18-3)11-12-8-6-5-7-9-12/h5-9H,4,10-11H2,1-3H3. The molecule has 1 unspecified atom stereocenters. The lowest BCUT2D eigenvalue weighted by Gasteiger charge is -2.27. The molecule has 0 saturated carbocycles. The van der Waals surface area contributed by atoms with Gasteiger partial charge in [0.15, 0.2) is 5.67 Å². The summed E-state index contributed by atoms with van der Waals surface area (Å²) in [5.41, 5.74) is -1.09. The number of alkyl halides is 1. The summed E-state index contributed by atoms with van der Waals surface area (Å²) < 4.78 is 14.8. The summed E-state index contributed by atoms with van der Waals surface area (Å²) in [5, 5.41) is 0.957. The molecular weight excluding hydrogens is 233 g/mol. The molecule has 0 N–H and O–H groups in total. The molecule has 0 spiro atoms. The number of carbonyl (C=O) groups excluding carboxylic acids is 1. The molecule has 1 aromatic rings. The fraction of sp³-hybridized carbons (Fsp3) is 0.500. The van der Waals surface area contributed by atoms with Gasteiger partial charge in [0.05, 0.1) is 7.11 Å². The molecule has 1 rings (SSSR count). The van der Waals surface area contributed by atoms with Crippen LogP contribution in [-0.4, -0.2) is 30.8 Å². The zero-order valence-corrected chi connectivity index (χ0v) is 11.1. The number of benzene rings is 1. The zero-order chi connectivity index (χ0) is 13.6. The van der Waals surface area contributed by atoms with E-state index in [0.29, 0.717) is 6.42 Å². The van der Waals surface area contributed by atoms with Gasteiger partial charge in [0.25, 0.3) is 5.91 Å². The van der Waals surface area contributed by atoms with Crippen LogP contribution in [0.3, 0.4) is 0 Å². The van der Waals surface area contributed by atoms with Gasteiger partial charge in [-0.05, 0) is 12.0 Å². The van der Waals surface area contributed by atoms with E-state index in [0.717, 1.165) is 10.6 Å². The number of amides is 1. The van der Waals surface area contributed by atoms with Crippen molar-refractivity contribution in [2.75, 3.05) is 14.2 Å². The predicted octanol–water partition coefficient (Wildman–Crippen LogP) is 2.76. The van der Waals surface area contributed by atoms with E-state index < -0.39 is 11.6 Å². The van der Waals surface area contributed by atoms with Crippen molar-refractivity contribution in [2.45, 2.75) is 31.9 Å². The van der Waals surface area contributed by atoms with Gasteiger partial charge < -0.3 is 0 Å². The Hall–Kier alpha value is -1.42. The Balaban J connectivity index is 2.89. The van der Waals surface area contributed by atoms with Gasteiger partial charge in [-0.25, -0.2) is 9.45 Å². The molecule has 18 heavy (non-hydrogen) atoms. The number of halogens is 1. The van der Waals surface area contributed by atoms with E-state index in [1.165, 1.54) is 14.2 Å². The van der Waals surface area contributed by atoms with Crippen molar-refractivity contribution >= 4 is 5.91 Å². The van der Waals surface area contributed by atoms with Gasteiger partial charge >= 0.3 is 0 Å². The van der Waals surface area contributed by atoms with Crippen LogP contribution in [0.1, 0.15) is 25.3 Å². The molecule has 0 aliphatic heterocycles. The van der Waals surface area contributed by atoms with E-state index in [1.54, 1.807) is 0 Å². The van der Waals surface area contributed by atoms with Crippen LogP contribution < -0.4 is 0 Å². The average Bonchev–Trinajstić information content (AvgIpc) is 2.38. The average molecular weight is 253 g/mol. The molecule has 0 bridgehead atoms. The van der Waals surface area contributed by atoms with Crippen LogP contribution in [0.5, 0.6) is 0 Å². The summed E-state index contributed by atoms with van der Waals surface area (Å²) in [6.45, 7) is 1.86. The van der Waals surface area contributed by atoms with Gasteiger partial charge in [-0.1, -0.05) is 43.7 Å². The predicted molar refractivity (Wildman–Crippen MR) is 68.7 cm³/mol. The summed E-state index contributed by atoms with van der Waals surface area (Å²) in [7, 11) is 2.78.